The van der Waals surface area contributed by atoms with Crippen LogP contribution in [0.2, 0.25) is 0 Å². The third-order valence-corrected chi connectivity index (χ3v) is 1.98. The van der Waals surface area contributed by atoms with E-state index in [9.17, 15) is 9.59 Å². The average Bonchev–Trinajstić information content (AvgIpc) is 2.37. The highest BCUT2D eigenvalue weighted by Gasteiger charge is 2.18. The second-order valence-electron chi connectivity index (χ2n) is 3.34. The molecule has 7 heteroatoms. The van der Waals surface area contributed by atoms with Crippen molar-refractivity contribution in [2.75, 3.05) is 0 Å². The lowest BCUT2D eigenvalue weighted by Crippen LogP contribution is -2.45. The number of urea groups is 1. The second kappa shape index (κ2) is 6.85. The van der Waals surface area contributed by atoms with Crippen molar-refractivity contribution < 1.29 is 14.7 Å². The first kappa shape index (κ1) is 13.4. The van der Waals surface area contributed by atoms with Gasteiger partial charge in [-0.1, -0.05) is 0 Å². The number of aromatic nitrogens is 2. The SMILES string of the molecule is C#CCC(NC(=O)NCc1cccnn1)C(=O)O. The predicted octanol–water partition coefficient (Wildman–Crippen LogP) is -0.248. The fourth-order valence-electron chi connectivity index (χ4n) is 1.13. The number of rotatable bonds is 5. The van der Waals surface area contributed by atoms with Gasteiger partial charge < -0.3 is 15.7 Å². The molecule has 0 bridgehead atoms. The summed E-state index contributed by atoms with van der Waals surface area (Å²) in [4.78, 5) is 22.1. The van der Waals surface area contributed by atoms with Gasteiger partial charge in [-0.15, -0.1) is 12.3 Å². The van der Waals surface area contributed by atoms with Crippen LogP contribution in [0.25, 0.3) is 0 Å². The van der Waals surface area contributed by atoms with Gasteiger partial charge >= 0.3 is 12.0 Å². The van der Waals surface area contributed by atoms with Crippen LogP contribution in [0.3, 0.4) is 0 Å². The molecule has 0 saturated heterocycles. The summed E-state index contributed by atoms with van der Waals surface area (Å²) in [6.45, 7) is 0.155. The van der Waals surface area contributed by atoms with Crippen LogP contribution in [0.1, 0.15) is 12.1 Å². The van der Waals surface area contributed by atoms with Gasteiger partial charge in [0.05, 0.1) is 12.2 Å². The molecule has 0 fully saturated rings. The number of carboxylic acid groups (broad SMARTS) is 1. The zero-order valence-corrected chi connectivity index (χ0v) is 9.46. The monoisotopic (exact) mass is 248 g/mol. The molecule has 3 N–H and O–H groups in total. The number of hydrogen-bond acceptors (Lipinski definition) is 4. The van der Waals surface area contributed by atoms with Crippen molar-refractivity contribution in [1.29, 1.82) is 0 Å². The number of hydrogen-bond donors (Lipinski definition) is 3. The molecule has 2 amide bonds. The van der Waals surface area contributed by atoms with Gasteiger partial charge in [-0.25, -0.2) is 9.59 Å². The average molecular weight is 248 g/mol. The number of terminal acetylenes is 1. The van der Waals surface area contributed by atoms with Crippen molar-refractivity contribution in [2.24, 2.45) is 0 Å². The van der Waals surface area contributed by atoms with Crippen molar-refractivity contribution >= 4 is 12.0 Å². The number of carbonyl (C=O) groups is 2. The minimum absolute atomic E-state index is 0.0755. The van der Waals surface area contributed by atoms with Gasteiger partial charge in [-0.2, -0.15) is 10.2 Å². The van der Waals surface area contributed by atoms with Crippen LogP contribution in [0.5, 0.6) is 0 Å². The first-order valence-corrected chi connectivity index (χ1v) is 5.10. The second-order valence-corrected chi connectivity index (χ2v) is 3.34. The van der Waals surface area contributed by atoms with Crippen LogP contribution >= 0.6 is 0 Å². The highest BCUT2D eigenvalue weighted by molar-refractivity contribution is 5.82. The first-order valence-electron chi connectivity index (χ1n) is 5.10. The molecule has 0 aliphatic carbocycles. The van der Waals surface area contributed by atoms with E-state index in [1.165, 1.54) is 6.20 Å². The predicted molar refractivity (Wildman–Crippen MR) is 62.3 cm³/mol. The molecular formula is C11H12N4O3. The molecule has 1 atom stereocenters. The van der Waals surface area contributed by atoms with Crippen molar-refractivity contribution in [3.05, 3.63) is 24.0 Å². The van der Waals surface area contributed by atoms with Crippen LogP contribution in [0.4, 0.5) is 4.79 Å². The Morgan fingerprint density at radius 2 is 2.33 bits per heavy atom. The Balaban J connectivity index is 2.42. The van der Waals surface area contributed by atoms with Gasteiger partial charge in [0.15, 0.2) is 0 Å². The molecule has 1 heterocycles. The van der Waals surface area contributed by atoms with E-state index in [-0.39, 0.29) is 13.0 Å². The molecule has 1 rings (SSSR count). The molecule has 0 spiro atoms. The smallest absolute Gasteiger partial charge is 0.327 e. The molecule has 0 aliphatic heterocycles. The van der Waals surface area contributed by atoms with Crippen molar-refractivity contribution in [2.45, 2.75) is 19.0 Å². The van der Waals surface area contributed by atoms with Crippen molar-refractivity contribution in [3.8, 4) is 12.3 Å². The third kappa shape index (κ3) is 4.49. The topological polar surface area (TPSA) is 104 Å². The molecule has 94 valence electrons. The lowest BCUT2D eigenvalue weighted by Gasteiger charge is -2.12. The molecular weight excluding hydrogens is 236 g/mol. The van der Waals surface area contributed by atoms with E-state index in [0.717, 1.165) is 0 Å². The van der Waals surface area contributed by atoms with Crippen molar-refractivity contribution in [3.63, 3.8) is 0 Å². The molecule has 1 unspecified atom stereocenters. The summed E-state index contributed by atoms with van der Waals surface area (Å²) in [5.74, 6) is 1.00. The quantitative estimate of drug-likeness (QED) is 0.623. The minimum atomic E-state index is -1.18. The Morgan fingerprint density at radius 1 is 1.56 bits per heavy atom. The number of nitrogens with zero attached hydrogens (tertiary/aromatic N) is 2. The lowest BCUT2D eigenvalue weighted by atomic mass is 10.2. The summed E-state index contributed by atoms with van der Waals surface area (Å²) in [5.41, 5.74) is 0.566. The maximum Gasteiger partial charge on any atom is 0.327 e. The van der Waals surface area contributed by atoms with Gasteiger partial charge in [0, 0.05) is 12.6 Å². The van der Waals surface area contributed by atoms with Gasteiger partial charge in [0.25, 0.3) is 0 Å². The molecule has 0 aliphatic rings. The van der Waals surface area contributed by atoms with E-state index in [1.807, 2.05) is 0 Å². The first-order chi connectivity index (χ1) is 8.63. The maximum atomic E-state index is 11.4. The van der Waals surface area contributed by atoms with Crippen LogP contribution in [0, 0.1) is 12.3 Å². The summed E-state index contributed by atoms with van der Waals surface area (Å²) < 4.78 is 0. The Kier molecular flexibility index (Phi) is 5.12. The Labute approximate surface area is 104 Å². The molecule has 1 aromatic rings. The number of carbonyl (C=O) groups excluding carboxylic acids is 1. The van der Waals surface area contributed by atoms with Gasteiger partial charge in [0.1, 0.15) is 6.04 Å². The number of aliphatic carboxylic acids is 1. The van der Waals surface area contributed by atoms with E-state index < -0.39 is 18.0 Å². The number of carboxylic acids is 1. The minimum Gasteiger partial charge on any atom is -0.480 e. The highest BCUT2D eigenvalue weighted by Crippen LogP contribution is 1.92. The molecule has 7 nitrogen and oxygen atoms in total. The normalized spacial score (nSPS) is 11.1. The van der Waals surface area contributed by atoms with Gasteiger partial charge in [-0.3, -0.25) is 0 Å². The van der Waals surface area contributed by atoms with Gasteiger partial charge in [0.2, 0.25) is 0 Å². The fourth-order valence-corrected chi connectivity index (χ4v) is 1.13. The molecule has 0 saturated carbocycles. The summed E-state index contributed by atoms with van der Waals surface area (Å²) in [5, 5.41) is 20.9. The highest BCUT2D eigenvalue weighted by atomic mass is 16.4. The number of amides is 2. The third-order valence-electron chi connectivity index (χ3n) is 1.98. The Hall–Kier alpha value is -2.62. The lowest BCUT2D eigenvalue weighted by molar-refractivity contribution is -0.139. The van der Waals surface area contributed by atoms with E-state index in [2.05, 4.69) is 26.8 Å². The maximum absolute atomic E-state index is 11.4. The zero-order valence-electron chi connectivity index (χ0n) is 9.46. The molecule has 1 aromatic heterocycles. The molecule has 0 radical (unpaired) electrons. The summed E-state index contributed by atoms with van der Waals surface area (Å²) in [6, 6.07) is 1.64. The molecule has 18 heavy (non-hydrogen) atoms. The van der Waals surface area contributed by atoms with Crippen LogP contribution in [-0.4, -0.2) is 33.3 Å². The Morgan fingerprint density at radius 3 is 2.89 bits per heavy atom. The number of nitrogens with one attached hydrogen (secondary N) is 2. The standard InChI is InChI=1S/C11H12N4O3/c1-2-4-9(10(16)17)14-11(18)12-7-8-5-3-6-13-15-8/h1,3,5-6,9H,4,7H2,(H,16,17)(H2,12,14,18). The van der Waals surface area contributed by atoms with E-state index in [1.54, 1.807) is 12.1 Å². The van der Waals surface area contributed by atoms with Gasteiger partial charge in [-0.05, 0) is 12.1 Å². The summed E-state index contributed by atoms with van der Waals surface area (Å²) in [7, 11) is 0. The molecule has 0 aromatic carbocycles. The fraction of sp³-hybridized carbons (Fsp3) is 0.273. The summed E-state index contributed by atoms with van der Waals surface area (Å²) in [6.07, 6.45) is 6.44. The van der Waals surface area contributed by atoms with E-state index in [4.69, 9.17) is 11.5 Å². The summed E-state index contributed by atoms with van der Waals surface area (Å²) >= 11 is 0. The van der Waals surface area contributed by atoms with Crippen LogP contribution in [-0.2, 0) is 11.3 Å². The Bertz CT molecular complexity index is 455. The zero-order chi connectivity index (χ0) is 13.4. The van der Waals surface area contributed by atoms with E-state index >= 15 is 0 Å². The van der Waals surface area contributed by atoms with Crippen LogP contribution in [0.15, 0.2) is 18.3 Å². The largest absolute Gasteiger partial charge is 0.480 e. The van der Waals surface area contributed by atoms with Crippen molar-refractivity contribution in [1.82, 2.24) is 20.8 Å². The van der Waals surface area contributed by atoms with Crippen LogP contribution < -0.4 is 10.6 Å². The van der Waals surface area contributed by atoms with E-state index in [0.29, 0.717) is 5.69 Å².